The summed E-state index contributed by atoms with van der Waals surface area (Å²) in [5, 5.41) is 0. The van der Waals surface area contributed by atoms with E-state index in [4.69, 9.17) is 9.47 Å². The van der Waals surface area contributed by atoms with Crippen LogP contribution in [-0.4, -0.2) is 68.4 Å². The van der Waals surface area contributed by atoms with Crippen LogP contribution in [0.25, 0.3) is 0 Å². The molecule has 4 rings (SSSR count). The lowest BCUT2D eigenvalue weighted by molar-refractivity contribution is -0.187. The Morgan fingerprint density at radius 3 is 2.18 bits per heavy atom. The Morgan fingerprint density at radius 2 is 1.61 bits per heavy atom. The third-order valence-electron chi connectivity index (χ3n) is 6.00. The highest BCUT2D eigenvalue weighted by molar-refractivity contribution is 5.97. The molecule has 7 heteroatoms. The van der Waals surface area contributed by atoms with Crippen molar-refractivity contribution in [3.05, 3.63) is 24.3 Å². The summed E-state index contributed by atoms with van der Waals surface area (Å²) in [5.74, 6) is -0.660. The number of rotatable bonds is 4. The molecule has 3 saturated heterocycles. The molecule has 1 aromatic carbocycles. The molecule has 0 N–H and O–H groups in total. The molecule has 3 aliphatic heterocycles. The van der Waals surface area contributed by atoms with Gasteiger partial charge in [0.1, 0.15) is 6.54 Å². The third kappa shape index (κ3) is 4.00. The number of nitrogens with zero attached hydrogens (tertiary/aromatic N) is 3. The molecule has 2 amide bonds. The fourth-order valence-corrected chi connectivity index (χ4v) is 4.32. The van der Waals surface area contributed by atoms with Crippen molar-refractivity contribution in [2.24, 2.45) is 0 Å². The Morgan fingerprint density at radius 1 is 1.00 bits per heavy atom. The highest BCUT2D eigenvalue weighted by Crippen LogP contribution is 2.31. The van der Waals surface area contributed by atoms with E-state index in [0.29, 0.717) is 39.1 Å². The van der Waals surface area contributed by atoms with Gasteiger partial charge in [0.25, 0.3) is 0 Å². The smallest absolute Gasteiger partial charge is 0.242 e. The summed E-state index contributed by atoms with van der Waals surface area (Å²) in [4.78, 5) is 30.7. The molecule has 3 heterocycles. The third-order valence-corrected chi connectivity index (χ3v) is 6.00. The topological polar surface area (TPSA) is 62.3 Å². The predicted molar refractivity (Wildman–Crippen MR) is 106 cm³/mol. The van der Waals surface area contributed by atoms with E-state index in [1.165, 1.54) is 25.5 Å². The van der Waals surface area contributed by atoms with Gasteiger partial charge in [-0.3, -0.25) is 9.59 Å². The van der Waals surface area contributed by atoms with E-state index in [1.54, 1.807) is 4.90 Å². The lowest BCUT2D eigenvalue weighted by Crippen LogP contribution is -2.50. The average Bonchev–Trinajstić information content (AvgIpc) is 3.39. The number of likely N-dealkylation sites (tertiary alicyclic amines) is 1. The number of amides is 2. The summed E-state index contributed by atoms with van der Waals surface area (Å²) in [7, 11) is 0. The highest BCUT2D eigenvalue weighted by atomic mass is 16.7. The van der Waals surface area contributed by atoms with Crippen molar-refractivity contribution in [2.45, 2.75) is 38.4 Å². The Bertz CT molecular complexity index is 699. The maximum atomic E-state index is 12.8. The molecule has 0 bridgehead atoms. The van der Waals surface area contributed by atoms with Crippen LogP contribution in [0.3, 0.4) is 0 Å². The summed E-state index contributed by atoms with van der Waals surface area (Å²) in [6, 6.07) is 7.96. The molecule has 0 aliphatic carbocycles. The quantitative estimate of drug-likeness (QED) is 0.791. The van der Waals surface area contributed by atoms with Crippen molar-refractivity contribution < 1.29 is 19.1 Å². The summed E-state index contributed by atoms with van der Waals surface area (Å²) in [6.07, 6.45) is 3.82. The van der Waals surface area contributed by atoms with Crippen LogP contribution in [0, 0.1) is 0 Å². The van der Waals surface area contributed by atoms with Crippen LogP contribution in [-0.2, 0) is 19.1 Å². The number of hydrogen-bond acceptors (Lipinski definition) is 5. The minimum Gasteiger partial charge on any atom is -0.372 e. The van der Waals surface area contributed by atoms with Crippen molar-refractivity contribution in [3.8, 4) is 0 Å². The fraction of sp³-hybridized carbons (Fsp3) is 0.619. The number of carbonyl (C=O) groups is 2. The van der Waals surface area contributed by atoms with Crippen LogP contribution in [0.4, 0.5) is 11.4 Å². The van der Waals surface area contributed by atoms with Gasteiger partial charge in [0.2, 0.25) is 11.8 Å². The van der Waals surface area contributed by atoms with E-state index in [2.05, 4.69) is 4.90 Å². The highest BCUT2D eigenvalue weighted by Gasteiger charge is 2.41. The lowest BCUT2D eigenvalue weighted by Gasteiger charge is -2.38. The largest absolute Gasteiger partial charge is 0.372 e. The van der Waals surface area contributed by atoms with Gasteiger partial charge in [0.05, 0.1) is 13.2 Å². The first-order chi connectivity index (χ1) is 13.6. The number of benzene rings is 1. The molecule has 1 aromatic rings. The van der Waals surface area contributed by atoms with Gasteiger partial charge in [-0.15, -0.1) is 0 Å². The van der Waals surface area contributed by atoms with Crippen LogP contribution in [0.1, 0.15) is 32.6 Å². The van der Waals surface area contributed by atoms with Gasteiger partial charge in [0.15, 0.2) is 5.79 Å². The number of ether oxygens (including phenoxy) is 2. The molecule has 3 fully saturated rings. The number of piperidine rings is 1. The van der Waals surface area contributed by atoms with Gasteiger partial charge in [-0.05, 0) is 37.1 Å². The molecular formula is C21H29N3O4. The van der Waals surface area contributed by atoms with Gasteiger partial charge in [-0.1, -0.05) is 0 Å². The van der Waals surface area contributed by atoms with E-state index in [-0.39, 0.29) is 18.4 Å². The molecule has 0 radical (unpaired) electrons. The zero-order valence-corrected chi connectivity index (χ0v) is 16.6. The van der Waals surface area contributed by atoms with Gasteiger partial charge in [-0.2, -0.15) is 0 Å². The zero-order chi connectivity index (χ0) is 19.6. The molecule has 0 saturated carbocycles. The number of carbonyl (C=O) groups excluding carboxylic acids is 2. The number of hydrogen-bond donors (Lipinski definition) is 0. The first kappa shape index (κ1) is 19.2. The minimum atomic E-state index is -0.498. The number of anilines is 2. The van der Waals surface area contributed by atoms with Crippen LogP contribution < -0.4 is 9.80 Å². The predicted octanol–water partition coefficient (Wildman–Crippen LogP) is 2.01. The average molecular weight is 387 g/mol. The van der Waals surface area contributed by atoms with Gasteiger partial charge in [-0.25, -0.2) is 0 Å². The molecule has 7 nitrogen and oxygen atoms in total. The maximum absolute atomic E-state index is 12.8. The van der Waals surface area contributed by atoms with Gasteiger partial charge >= 0.3 is 0 Å². The summed E-state index contributed by atoms with van der Waals surface area (Å²) >= 11 is 0. The van der Waals surface area contributed by atoms with E-state index in [9.17, 15) is 9.59 Å². The zero-order valence-electron chi connectivity index (χ0n) is 16.6. The first-order valence-electron chi connectivity index (χ1n) is 10.3. The molecule has 28 heavy (non-hydrogen) atoms. The lowest BCUT2D eigenvalue weighted by atomic mass is 10.0. The van der Waals surface area contributed by atoms with Crippen LogP contribution in [0.15, 0.2) is 24.3 Å². The van der Waals surface area contributed by atoms with Crippen LogP contribution >= 0.6 is 0 Å². The second-order valence-corrected chi connectivity index (χ2v) is 7.80. The fourth-order valence-electron chi connectivity index (χ4n) is 4.32. The minimum absolute atomic E-state index is 0.0355. The molecule has 0 unspecified atom stereocenters. The molecule has 1 spiro atoms. The Hall–Kier alpha value is -2.12. The summed E-state index contributed by atoms with van der Waals surface area (Å²) in [6.45, 7) is 6.17. The van der Waals surface area contributed by atoms with E-state index in [0.717, 1.165) is 18.8 Å². The normalized spacial score (nSPS) is 21.3. The van der Waals surface area contributed by atoms with Crippen molar-refractivity contribution in [3.63, 3.8) is 0 Å². The van der Waals surface area contributed by atoms with Gasteiger partial charge in [0, 0.05) is 57.3 Å². The van der Waals surface area contributed by atoms with Crippen molar-refractivity contribution in [1.82, 2.24) is 4.90 Å². The summed E-state index contributed by atoms with van der Waals surface area (Å²) in [5.41, 5.74) is 1.94. The molecule has 3 aliphatic rings. The molecule has 152 valence electrons. The molecule has 0 atom stereocenters. The second kappa shape index (κ2) is 8.09. The van der Waals surface area contributed by atoms with E-state index >= 15 is 0 Å². The monoisotopic (exact) mass is 387 g/mol. The Kier molecular flexibility index (Phi) is 5.55. The summed E-state index contributed by atoms with van der Waals surface area (Å²) < 4.78 is 11.4. The molecule has 0 aromatic heterocycles. The van der Waals surface area contributed by atoms with Crippen LogP contribution in [0.2, 0.25) is 0 Å². The standard InChI is InChI=1S/C21H29N3O4/c1-17(25)24(19-6-4-18(5-7-19)22-10-2-3-11-22)16-20(26)23-12-8-21(9-13-23)27-14-15-28-21/h4-7H,2-3,8-16H2,1H3. The van der Waals surface area contributed by atoms with Crippen molar-refractivity contribution in [1.29, 1.82) is 0 Å². The first-order valence-corrected chi connectivity index (χ1v) is 10.3. The van der Waals surface area contributed by atoms with Crippen LogP contribution in [0.5, 0.6) is 0 Å². The van der Waals surface area contributed by atoms with E-state index in [1.807, 2.05) is 29.2 Å². The van der Waals surface area contributed by atoms with E-state index < -0.39 is 5.79 Å². The van der Waals surface area contributed by atoms with Gasteiger partial charge < -0.3 is 24.2 Å². The van der Waals surface area contributed by atoms with Crippen molar-refractivity contribution in [2.75, 3.05) is 55.7 Å². The maximum Gasteiger partial charge on any atom is 0.242 e. The SMILES string of the molecule is CC(=O)N(CC(=O)N1CCC2(CC1)OCCO2)c1ccc(N2CCCC2)cc1. The Labute approximate surface area is 166 Å². The second-order valence-electron chi connectivity index (χ2n) is 7.80. The Balaban J connectivity index is 1.38. The van der Waals surface area contributed by atoms with Crippen molar-refractivity contribution >= 4 is 23.2 Å². The molecular weight excluding hydrogens is 358 g/mol.